The van der Waals surface area contributed by atoms with E-state index >= 15 is 0 Å². The molecule has 2 aromatic rings. The van der Waals surface area contributed by atoms with Crippen LogP contribution in [0.15, 0.2) is 36.4 Å². The molecule has 0 aliphatic heterocycles. The van der Waals surface area contributed by atoms with Gasteiger partial charge in [0.1, 0.15) is 24.0 Å². The molecule has 0 aliphatic rings. The summed E-state index contributed by atoms with van der Waals surface area (Å²) < 4.78 is 31.6. The first-order valence-corrected chi connectivity index (χ1v) is 6.39. The Hall–Kier alpha value is -1.65. The van der Waals surface area contributed by atoms with Crippen LogP contribution in [0.4, 0.5) is 8.78 Å². The van der Waals surface area contributed by atoms with Crippen LogP contribution in [-0.2, 0) is 6.61 Å². The van der Waals surface area contributed by atoms with E-state index in [1.807, 2.05) is 0 Å². The van der Waals surface area contributed by atoms with Gasteiger partial charge in [-0.2, -0.15) is 0 Å². The second-order valence-corrected chi connectivity index (χ2v) is 4.79. The van der Waals surface area contributed by atoms with Crippen molar-refractivity contribution in [2.75, 3.05) is 0 Å². The van der Waals surface area contributed by atoms with E-state index < -0.39 is 17.7 Å². The number of benzene rings is 2. The maximum Gasteiger partial charge on any atom is 0.125 e. The lowest BCUT2D eigenvalue weighted by Crippen LogP contribution is -2.02. The largest absolute Gasteiger partial charge is 0.488 e. The van der Waals surface area contributed by atoms with Crippen LogP contribution in [0.2, 0.25) is 5.02 Å². The summed E-state index contributed by atoms with van der Waals surface area (Å²) in [5, 5.41) is 9.85. The summed E-state index contributed by atoms with van der Waals surface area (Å²) in [5.74, 6) is -0.514. The van der Waals surface area contributed by atoms with Gasteiger partial charge in [-0.3, -0.25) is 0 Å². The third kappa shape index (κ3) is 3.46. The quantitative estimate of drug-likeness (QED) is 0.914. The SMILES string of the molecule is C[C@@H](O)c1cc(F)ccc1OCc1ccc(F)cc1Cl. The molecular weight excluding hydrogens is 286 g/mol. The number of aliphatic hydroxyl groups excluding tert-OH is 1. The van der Waals surface area contributed by atoms with Crippen molar-refractivity contribution >= 4 is 11.6 Å². The van der Waals surface area contributed by atoms with Crippen LogP contribution in [0.5, 0.6) is 5.75 Å². The molecule has 0 unspecified atom stereocenters. The molecule has 106 valence electrons. The van der Waals surface area contributed by atoms with Crippen molar-refractivity contribution in [3.8, 4) is 5.75 Å². The number of aliphatic hydroxyl groups is 1. The molecule has 0 bridgehead atoms. The van der Waals surface area contributed by atoms with Gasteiger partial charge in [0.25, 0.3) is 0 Å². The van der Waals surface area contributed by atoms with Crippen molar-refractivity contribution in [1.29, 1.82) is 0 Å². The molecular formula is C15H13ClF2O2. The minimum absolute atomic E-state index is 0.102. The molecule has 0 amide bonds. The number of hydrogen-bond acceptors (Lipinski definition) is 2. The summed E-state index contributed by atoms with van der Waals surface area (Å²) in [6, 6.07) is 7.89. The van der Waals surface area contributed by atoms with Crippen LogP contribution in [0.3, 0.4) is 0 Å². The Morgan fingerprint density at radius 2 is 1.80 bits per heavy atom. The maximum absolute atomic E-state index is 13.1. The van der Waals surface area contributed by atoms with Gasteiger partial charge in [0.2, 0.25) is 0 Å². The minimum Gasteiger partial charge on any atom is -0.488 e. The van der Waals surface area contributed by atoms with E-state index in [-0.39, 0.29) is 11.6 Å². The first-order chi connectivity index (χ1) is 9.47. The third-order valence-corrected chi connectivity index (χ3v) is 3.17. The smallest absolute Gasteiger partial charge is 0.125 e. The van der Waals surface area contributed by atoms with Crippen LogP contribution in [-0.4, -0.2) is 5.11 Å². The van der Waals surface area contributed by atoms with Crippen molar-refractivity contribution < 1.29 is 18.6 Å². The molecule has 2 nitrogen and oxygen atoms in total. The Bertz CT molecular complexity index is 615. The van der Waals surface area contributed by atoms with E-state index in [0.717, 1.165) is 0 Å². The van der Waals surface area contributed by atoms with Gasteiger partial charge in [0.05, 0.1) is 11.1 Å². The predicted molar refractivity (Wildman–Crippen MR) is 72.8 cm³/mol. The third-order valence-electron chi connectivity index (χ3n) is 2.82. The maximum atomic E-state index is 13.1. The standard InChI is InChI=1S/C15H13ClF2O2/c1-9(19)13-6-11(17)4-5-15(13)20-8-10-2-3-12(18)7-14(10)16/h2-7,9,19H,8H2,1H3/t9-/m1/s1. The highest BCUT2D eigenvalue weighted by atomic mass is 35.5. The number of ether oxygens (including phenoxy) is 1. The normalized spacial score (nSPS) is 12.2. The number of halogens is 3. The van der Waals surface area contributed by atoms with Crippen molar-refractivity contribution in [2.45, 2.75) is 19.6 Å². The van der Waals surface area contributed by atoms with Gasteiger partial charge in [-0.1, -0.05) is 17.7 Å². The molecule has 0 radical (unpaired) electrons. The molecule has 0 aliphatic carbocycles. The Balaban J connectivity index is 2.18. The van der Waals surface area contributed by atoms with Gasteiger partial charge in [0, 0.05) is 11.1 Å². The molecule has 1 N–H and O–H groups in total. The number of hydrogen-bond donors (Lipinski definition) is 1. The zero-order valence-electron chi connectivity index (χ0n) is 10.7. The van der Waals surface area contributed by atoms with Crippen LogP contribution in [0.25, 0.3) is 0 Å². The fourth-order valence-electron chi connectivity index (χ4n) is 1.77. The number of rotatable bonds is 4. The lowest BCUT2D eigenvalue weighted by atomic mass is 10.1. The molecule has 0 aromatic heterocycles. The van der Waals surface area contributed by atoms with Crippen LogP contribution >= 0.6 is 11.6 Å². The van der Waals surface area contributed by atoms with Gasteiger partial charge in [0.15, 0.2) is 0 Å². The Labute approximate surface area is 120 Å². The topological polar surface area (TPSA) is 29.5 Å². The summed E-state index contributed by atoms with van der Waals surface area (Å²) in [4.78, 5) is 0. The van der Waals surface area contributed by atoms with Gasteiger partial charge < -0.3 is 9.84 Å². The van der Waals surface area contributed by atoms with Crippen molar-refractivity contribution in [3.63, 3.8) is 0 Å². The summed E-state index contributed by atoms with van der Waals surface area (Å²) in [7, 11) is 0. The van der Waals surface area contributed by atoms with E-state index in [0.29, 0.717) is 16.9 Å². The Morgan fingerprint density at radius 1 is 1.15 bits per heavy atom. The summed E-state index contributed by atoms with van der Waals surface area (Å²) in [5.41, 5.74) is 0.956. The lowest BCUT2D eigenvalue weighted by Gasteiger charge is -2.14. The first kappa shape index (κ1) is 14.8. The highest BCUT2D eigenvalue weighted by Crippen LogP contribution is 2.27. The first-order valence-electron chi connectivity index (χ1n) is 6.01. The molecule has 0 heterocycles. The van der Waals surface area contributed by atoms with Crippen molar-refractivity contribution in [1.82, 2.24) is 0 Å². The van der Waals surface area contributed by atoms with Crippen LogP contribution in [0, 0.1) is 11.6 Å². The molecule has 0 spiro atoms. The van der Waals surface area contributed by atoms with E-state index in [2.05, 4.69) is 0 Å². The predicted octanol–water partition coefficient (Wildman–Crippen LogP) is 4.25. The summed E-state index contributed by atoms with van der Waals surface area (Å²) in [6.07, 6.45) is -0.857. The van der Waals surface area contributed by atoms with Crippen LogP contribution < -0.4 is 4.74 Å². The van der Waals surface area contributed by atoms with Crippen molar-refractivity contribution in [3.05, 3.63) is 64.2 Å². The summed E-state index contributed by atoms with van der Waals surface area (Å²) >= 11 is 5.89. The van der Waals surface area contributed by atoms with Gasteiger partial charge in [-0.25, -0.2) is 8.78 Å². The zero-order valence-corrected chi connectivity index (χ0v) is 11.5. The van der Waals surface area contributed by atoms with E-state index in [1.165, 1.54) is 43.3 Å². The molecule has 20 heavy (non-hydrogen) atoms. The van der Waals surface area contributed by atoms with E-state index in [4.69, 9.17) is 16.3 Å². The second-order valence-electron chi connectivity index (χ2n) is 4.38. The monoisotopic (exact) mass is 298 g/mol. The summed E-state index contributed by atoms with van der Waals surface area (Å²) in [6.45, 7) is 1.62. The van der Waals surface area contributed by atoms with Crippen LogP contribution in [0.1, 0.15) is 24.2 Å². The van der Waals surface area contributed by atoms with Gasteiger partial charge in [-0.05, 0) is 37.3 Å². The van der Waals surface area contributed by atoms with E-state index in [9.17, 15) is 13.9 Å². The van der Waals surface area contributed by atoms with E-state index in [1.54, 1.807) is 0 Å². The highest BCUT2D eigenvalue weighted by molar-refractivity contribution is 6.31. The van der Waals surface area contributed by atoms with Gasteiger partial charge in [-0.15, -0.1) is 0 Å². The lowest BCUT2D eigenvalue weighted by molar-refractivity contribution is 0.189. The van der Waals surface area contributed by atoms with Gasteiger partial charge >= 0.3 is 0 Å². The highest BCUT2D eigenvalue weighted by Gasteiger charge is 2.11. The Kier molecular flexibility index (Phi) is 4.57. The minimum atomic E-state index is -0.857. The fraction of sp³-hybridized carbons (Fsp3) is 0.200. The molecule has 1 atom stereocenters. The van der Waals surface area contributed by atoms with Crippen molar-refractivity contribution in [2.24, 2.45) is 0 Å². The molecule has 0 saturated heterocycles. The molecule has 0 saturated carbocycles. The average Bonchev–Trinajstić information content (AvgIpc) is 2.38. The Morgan fingerprint density at radius 3 is 2.45 bits per heavy atom. The molecule has 2 aromatic carbocycles. The fourth-order valence-corrected chi connectivity index (χ4v) is 1.99. The molecule has 5 heteroatoms. The molecule has 2 rings (SSSR count). The second kappa shape index (κ2) is 6.20. The molecule has 0 fully saturated rings. The average molecular weight is 299 g/mol. The zero-order chi connectivity index (χ0) is 14.7.